The zero-order chi connectivity index (χ0) is 8.65. The average Bonchev–Trinajstić information content (AvgIpc) is 2.02. The van der Waals surface area contributed by atoms with E-state index in [0.29, 0.717) is 6.90 Å². The molecule has 0 aliphatic heterocycles. The van der Waals surface area contributed by atoms with E-state index in [9.17, 15) is 0 Å². The zero-order valence-corrected chi connectivity index (χ0v) is 7.44. The second-order valence-corrected chi connectivity index (χ2v) is 3.50. The summed E-state index contributed by atoms with van der Waals surface area (Å²) >= 11 is 0. The quantitative estimate of drug-likeness (QED) is 0.648. The van der Waals surface area contributed by atoms with Gasteiger partial charge in [-0.2, -0.15) is 0 Å². The van der Waals surface area contributed by atoms with Crippen LogP contribution in [0.5, 0.6) is 0 Å². The van der Waals surface area contributed by atoms with Gasteiger partial charge in [-0.15, -0.1) is 0 Å². The molecule has 1 fully saturated rings. The maximum absolute atomic E-state index is 7.06. The van der Waals surface area contributed by atoms with Crippen LogP contribution in [-0.4, -0.2) is 12.6 Å². The molecule has 0 radical (unpaired) electrons. The lowest BCUT2D eigenvalue weighted by Crippen LogP contribution is -2.29. The van der Waals surface area contributed by atoms with Crippen LogP contribution >= 0.6 is 0 Å². The van der Waals surface area contributed by atoms with E-state index in [1.54, 1.807) is 0 Å². The minimum atomic E-state index is 0.524. The molecule has 1 N–H and O–H groups in total. The Balaban J connectivity index is 2.11. The standard InChI is InChI=1S/C10H21N/c1-2-11-10-8-6-4-3-5-7-9-10/h10-11H,2-9H2,1H3/i1D. The summed E-state index contributed by atoms with van der Waals surface area (Å²) in [6, 6.07) is 0.718. The van der Waals surface area contributed by atoms with Crippen LogP contribution in [0.1, 0.15) is 53.2 Å². The molecule has 0 amide bonds. The van der Waals surface area contributed by atoms with E-state index in [0.717, 1.165) is 12.6 Å². The maximum atomic E-state index is 7.06. The van der Waals surface area contributed by atoms with E-state index >= 15 is 0 Å². The highest BCUT2D eigenvalue weighted by atomic mass is 14.9. The minimum Gasteiger partial charge on any atom is -0.314 e. The van der Waals surface area contributed by atoms with Crippen molar-refractivity contribution in [1.29, 1.82) is 0 Å². The van der Waals surface area contributed by atoms with Gasteiger partial charge in [-0.25, -0.2) is 0 Å². The lowest BCUT2D eigenvalue weighted by Gasteiger charge is -2.19. The monoisotopic (exact) mass is 156 g/mol. The van der Waals surface area contributed by atoms with E-state index in [-0.39, 0.29) is 0 Å². The highest BCUT2D eigenvalue weighted by Crippen LogP contribution is 2.16. The molecule has 0 bridgehead atoms. The van der Waals surface area contributed by atoms with Crippen LogP contribution in [0.15, 0.2) is 0 Å². The predicted molar refractivity (Wildman–Crippen MR) is 49.8 cm³/mol. The summed E-state index contributed by atoms with van der Waals surface area (Å²) in [5, 5.41) is 3.45. The van der Waals surface area contributed by atoms with E-state index in [1.807, 2.05) is 0 Å². The Labute approximate surface area is 72.0 Å². The summed E-state index contributed by atoms with van der Waals surface area (Å²) in [5.41, 5.74) is 0. The summed E-state index contributed by atoms with van der Waals surface area (Å²) in [5.74, 6) is 0. The van der Waals surface area contributed by atoms with Crippen molar-refractivity contribution >= 4 is 0 Å². The van der Waals surface area contributed by atoms with Crippen molar-refractivity contribution < 1.29 is 1.37 Å². The molecule has 0 aromatic rings. The van der Waals surface area contributed by atoms with E-state index in [2.05, 4.69) is 5.32 Å². The van der Waals surface area contributed by atoms with Gasteiger partial charge in [0.1, 0.15) is 0 Å². The number of nitrogens with one attached hydrogen (secondary N) is 1. The molecule has 1 nitrogen and oxygen atoms in total. The predicted octanol–water partition coefficient (Wildman–Crippen LogP) is 2.71. The summed E-state index contributed by atoms with van der Waals surface area (Å²) in [6.45, 7) is 1.40. The minimum absolute atomic E-state index is 0.524. The van der Waals surface area contributed by atoms with Crippen molar-refractivity contribution in [2.45, 2.75) is 57.9 Å². The smallest absolute Gasteiger partial charge is 0.0243 e. The van der Waals surface area contributed by atoms with Crippen molar-refractivity contribution in [2.24, 2.45) is 0 Å². The van der Waals surface area contributed by atoms with Crippen LogP contribution in [0, 0.1) is 0 Å². The van der Waals surface area contributed by atoms with Gasteiger partial charge in [-0.1, -0.05) is 39.0 Å². The molecule has 1 rings (SSSR count). The molecule has 1 heteroatoms. The summed E-state index contributed by atoms with van der Waals surface area (Å²) in [6.07, 6.45) is 9.70. The van der Waals surface area contributed by atoms with Crippen LogP contribution in [0.4, 0.5) is 0 Å². The van der Waals surface area contributed by atoms with Crippen LogP contribution in [-0.2, 0) is 0 Å². The van der Waals surface area contributed by atoms with Gasteiger partial charge in [-0.05, 0) is 19.4 Å². The molecule has 0 heterocycles. The van der Waals surface area contributed by atoms with Gasteiger partial charge in [0.05, 0.1) is 0 Å². The molecule has 0 aromatic heterocycles. The van der Waals surface area contributed by atoms with Crippen LogP contribution in [0.2, 0.25) is 0 Å². The lowest BCUT2D eigenvalue weighted by atomic mass is 9.97. The Morgan fingerprint density at radius 1 is 1.18 bits per heavy atom. The third-order valence-corrected chi connectivity index (χ3v) is 2.54. The van der Waals surface area contributed by atoms with Gasteiger partial charge in [0.25, 0.3) is 0 Å². The van der Waals surface area contributed by atoms with E-state index in [4.69, 9.17) is 1.37 Å². The molecule has 0 saturated heterocycles. The van der Waals surface area contributed by atoms with E-state index in [1.165, 1.54) is 44.9 Å². The van der Waals surface area contributed by atoms with E-state index < -0.39 is 0 Å². The molecule has 66 valence electrons. The van der Waals surface area contributed by atoms with Gasteiger partial charge in [-0.3, -0.25) is 0 Å². The Bertz CT molecular complexity index is 95.3. The van der Waals surface area contributed by atoms with Crippen LogP contribution in [0.25, 0.3) is 0 Å². The van der Waals surface area contributed by atoms with Gasteiger partial charge < -0.3 is 5.32 Å². The Morgan fingerprint density at radius 2 is 1.82 bits per heavy atom. The summed E-state index contributed by atoms with van der Waals surface area (Å²) < 4.78 is 7.06. The first kappa shape index (κ1) is 7.60. The van der Waals surface area contributed by atoms with Crippen molar-refractivity contribution in [3.8, 4) is 0 Å². The molecule has 0 atom stereocenters. The molecule has 0 unspecified atom stereocenters. The number of hydrogen-bond acceptors (Lipinski definition) is 1. The summed E-state index contributed by atoms with van der Waals surface area (Å²) in [4.78, 5) is 0. The zero-order valence-electron chi connectivity index (χ0n) is 8.44. The van der Waals surface area contributed by atoms with Gasteiger partial charge in [0.15, 0.2) is 0 Å². The number of hydrogen-bond donors (Lipinski definition) is 1. The second kappa shape index (κ2) is 5.59. The molecule has 1 aliphatic carbocycles. The molecule has 11 heavy (non-hydrogen) atoms. The highest BCUT2D eigenvalue weighted by Gasteiger charge is 2.08. The van der Waals surface area contributed by atoms with Crippen LogP contribution in [0.3, 0.4) is 0 Å². The first-order chi connectivity index (χ1) is 5.93. The lowest BCUT2D eigenvalue weighted by molar-refractivity contribution is 0.397. The average molecular weight is 156 g/mol. The molecule has 1 aliphatic rings. The topological polar surface area (TPSA) is 12.0 Å². The molecular weight excluding hydrogens is 134 g/mol. The van der Waals surface area contributed by atoms with Gasteiger partial charge >= 0.3 is 0 Å². The van der Waals surface area contributed by atoms with Gasteiger partial charge in [0, 0.05) is 7.41 Å². The second-order valence-electron chi connectivity index (χ2n) is 3.50. The fourth-order valence-electron chi connectivity index (χ4n) is 1.86. The third kappa shape index (κ3) is 3.76. The molecule has 0 spiro atoms. The fourth-order valence-corrected chi connectivity index (χ4v) is 1.86. The molecule has 1 saturated carbocycles. The molecule has 0 aromatic carbocycles. The Hall–Kier alpha value is -0.0400. The van der Waals surface area contributed by atoms with Gasteiger partial charge in [0.2, 0.25) is 0 Å². The van der Waals surface area contributed by atoms with Crippen LogP contribution < -0.4 is 5.32 Å². The Morgan fingerprint density at radius 3 is 2.45 bits per heavy atom. The third-order valence-electron chi connectivity index (χ3n) is 2.54. The van der Waals surface area contributed by atoms with Crippen molar-refractivity contribution in [2.75, 3.05) is 6.54 Å². The maximum Gasteiger partial charge on any atom is 0.0243 e. The SMILES string of the molecule is [2H]CCNC1CCCCCCC1. The number of rotatable bonds is 2. The Kier molecular flexibility index (Phi) is 3.86. The fraction of sp³-hybridized carbons (Fsp3) is 1.00. The molecular formula is C10H21N. The first-order valence-electron chi connectivity index (χ1n) is 5.67. The largest absolute Gasteiger partial charge is 0.314 e. The first-order valence-corrected chi connectivity index (χ1v) is 4.96. The highest BCUT2D eigenvalue weighted by molar-refractivity contribution is 4.68. The summed E-state index contributed by atoms with van der Waals surface area (Å²) in [7, 11) is 0. The van der Waals surface area contributed by atoms with Crippen molar-refractivity contribution in [1.82, 2.24) is 5.32 Å². The van der Waals surface area contributed by atoms with Crippen molar-refractivity contribution in [3.05, 3.63) is 0 Å². The van der Waals surface area contributed by atoms with Crippen molar-refractivity contribution in [3.63, 3.8) is 0 Å². The normalized spacial score (nSPS) is 23.8.